The summed E-state index contributed by atoms with van der Waals surface area (Å²) in [4.78, 5) is 22.3. The van der Waals surface area contributed by atoms with Crippen molar-refractivity contribution in [3.63, 3.8) is 0 Å². The Labute approximate surface area is 122 Å². The molecule has 1 rings (SSSR count). The molecule has 8 nitrogen and oxygen atoms in total. The molecule has 118 valence electrons. The van der Waals surface area contributed by atoms with Crippen LogP contribution in [0.3, 0.4) is 0 Å². The van der Waals surface area contributed by atoms with E-state index in [0.29, 0.717) is 11.5 Å². The summed E-state index contributed by atoms with van der Waals surface area (Å²) in [6, 6.07) is -0.825. The fourth-order valence-electron chi connectivity index (χ4n) is 2.09. The third kappa shape index (κ3) is 5.07. The maximum absolute atomic E-state index is 11.8. The number of rotatable bonds is 6. The number of carbonyl (C=O) groups excluding carboxylic acids is 1. The first kappa shape index (κ1) is 17.0. The standard InChI is InChI=1S/C13H21N3O5/c1-7(11-8(2)16-21-9(11)3)15-12(19)14-6-13(4,20)5-10(17)18/h7,20H,5-6H2,1-4H3,(H,17,18)(H2,14,15,19). The van der Waals surface area contributed by atoms with Gasteiger partial charge < -0.3 is 25.4 Å². The average Bonchev–Trinajstić information content (AvgIpc) is 2.65. The number of hydrogen-bond donors (Lipinski definition) is 4. The number of carboxylic acids is 1. The lowest BCUT2D eigenvalue weighted by Gasteiger charge is -2.22. The van der Waals surface area contributed by atoms with Gasteiger partial charge in [0.05, 0.1) is 23.8 Å². The Hall–Kier alpha value is -2.09. The van der Waals surface area contributed by atoms with Crippen molar-refractivity contribution in [2.24, 2.45) is 0 Å². The topological polar surface area (TPSA) is 125 Å². The normalized spacial score (nSPS) is 15.1. The van der Waals surface area contributed by atoms with Gasteiger partial charge in [-0.25, -0.2) is 4.79 Å². The van der Waals surface area contributed by atoms with Crippen molar-refractivity contribution in [1.29, 1.82) is 0 Å². The van der Waals surface area contributed by atoms with Crippen LogP contribution in [0.4, 0.5) is 4.79 Å². The molecule has 0 saturated carbocycles. The van der Waals surface area contributed by atoms with Gasteiger partial charge in [0.1, 0.15) is 5.76 Å². The van der Waals surface area contributed by atoms with Gasteiger partial charge in [-0.2, -0.15) is 0 Å². The first-order chi connectivity index (χ1) is 9.62. The molecule has 2 atom stereocenters. The van der Waals surface area contributed by atoms with E-state index in [1.165, 1.54) is 6.92 Å². The van der Waals surface area contributed by atoms with E-state index >= 15 is 0 Å². The van der Waals surface area contributed by atoms with Crippen molar-refractivity contribution < 1.29 is 24.3 Å². The fraction of sp³-hybridized carbons (Fsp3) is 0.615. The number of hydrogen-bond acceptors (Lipinski definition) is 5. The number of amides is 2. The van der Waals surface area contributed by atoms with E-state index in [1.54, 1.807) is 20.8 Å². The number of urea groups is 1. The number of aliphatic carboxylic acids is 1. The largest absolute Gasteiger partial charge is 0.481 e. The highest BCUT2D eigenvalue weighted by Gasteiger charge is 2.25. The van der Waals surface area contributed by atoms with E-state index in [1.807, 2.05) is 0 Å². The van der Waals surface area contributed by atoms with Gasteiger partial charge in [0.25, 0.3) is 0 Å². The molecule has 8 heteroatoms. The third-order valence-electron chi connectivity index (χ3n) is 3.03. The van der Waals surface area contributed by atoms with Gasteiger partial charge in [-0.1, -0.05) is 5.16 Å². The van der Waals surface area contributed by atoms with Gasteiger partial charge in [0.2, 0.25) is 0 Å². The molecule has 0 saturated heterocycles. The monoisotopic (exact) mass is 299 g/mol. The quantitative estimate of drug-likeness (QED) is 0.618. The second kappa shape index (κ2) is 6.57. The van der Waals surface area contributed by atoms with Crippen molar-refractivity contribution in [1.82, 2.24) is 15.8 Å². The predicted molar refractivity (Wildman–Crippen MR) is 73.8 cm³/mol. The summed E-state index contributed by atoms with van der Waals surface area (Å²) in [5.41, 5.74) is -0.0178. The number of nitrogens with zero attached hydrogens (tertiary/aromatic N) is 1. The number of carboxylic acid groups (broad SMARTS) is 1. The number of aliphatic hydroxyl groups is 1. The molecule has 0 aliphatic rings. The van der Waals surface area contributed by atoms with Gasteiger partial charge in [-0.15, -0.1) is 0 Å². The summed E-state index contributed by atoms with van der Waals surface area (Å²) in [6.45, 7) is 6.49. The van der Waals surface area contributed by atoms with Crippen LogP contribution in [0.1, 0.15) is 43.3 Å². The molecule has 2 amide bonds. The molecule has 0 aliphatic heterocycles. The molecule has 21 heavy (non-hydrogen) atoms. The highest BCUT2D eigenvalue weighted by Crippen LogP contribution is 2.20. The summed E-state index contributed by atoms with van der Waals surface area (Å²) in [5, 5.41) is 27.4. The lowest BCUT2D eigenvalue weighted by Crippen LogP contribution is -2.46. The highest BCUT2D eigenvalue weighted by atomic mass is 16.5. The number of carbonyl (C=O) groups is 2. The molecular formula is C13H21N3O5. The lowest BCUT2D eigenvalue weighted by molar-refractivity contribution is -0.141. The van der Waals surface area contributed by atoms with Crippen LogP contribution in [0.2, 0.25) is 0 Å². The highest BCUT2D eigenvalue weighted by molar-refractivity contribution is 5.75. The average molecular weight is 299 g/mol. The second-order valence-electron chi connectivity index (χ2n) is 5.35. The Kier molecular flexibility index (Phi) is 5.31. The van der Waals surface area contributed by atoms with Gasteiger partial charge in [0.15, 0.2) is 0 Å². The minimum absolute atomic E-state index is 0.167. The van der Waals surface area contributed by atoms with E-state index in [0.717, 1.165) is 5.56 Å². The van der Waals surface area contributed by atoms with Crippen molar-refractivity contribution in [2.45, 2.75) is 45.8 Å². The van der Waals surface area contributed by atoms with E-state index < -0.39 is 24.0 Å². The zero-order valence-electron chi connectivity index (χ0n) is 12.6. The fourth-order valence-corrected chi connectivity index (χ4v) is 2.09. The molecule has 1 aromatic heterocycles. The van der Waals surface area contributed by atoms with Crippen LogP contribution in [0.25, 0.3) is 0 Å². The molecule has 0 bridgehead atoms. The second-order valence-corrected chi connectivity index (χ2v) is 5.35. The Bertz CT molecular complexity index is 504. The Morgan fingerprint density at radius 3 is 2.52 bits per heavy atom. The molecule has 1 heterocycles. The molecule has 0 fully saturated rings. The maximum atomic E-state index is 11.8. The predicted octanol–water partition coefficient (Wildman–Crippen LogP) is 0.877. The minimum atomic E-state index is -1.50. The first-order valence-corrected chi connectivity index (χ1v) is 6.53. The van der Waals surface area contributed by atoms with Crippen molar-refractivity contribution in [2.75, 3.05) is 6.54 Å². The minimum Gasteiger partial charge on any atom is -0.481 e. The van der Waals surface area contributed by atoms with E-state index in [2.05, 4.69) is 15.8 Å². The van der Waals surface area contributed by atoms with Crippen LogP contribution >= 0.6 is 0 Å². The zero-order chi connectivity index (χ0) is 16.2. The SMILES string of the molecule is Cc1noc(C)c1C(C)NC(=O)NCC(C)(O)CC(=O)O. The number of nitrogens with one attached hydrogen (secondary N) is 2. The molecule has 0 aromatic carbocycles. The Morgan fingerprint density at radius 1 is 1.43 bits per heavy atom. The van der Waals surface area contributed by atoms with Crippen molar-refractivity contribution in [3.8, 4) is 0 Å². The summed E-state index contributed by atoms with van der Waals surface area (Å²) < 4.78 is 5.03. The lowest BCUT2D eigenvalue weighted by atomic mass is 10.0. The van der Waals surface area contributed by atoms with Crippen LogP contribution < -0.4 is 10.6 Å². The van der Waals surface area contributed by atoms with Gasteiger partial charge in [0, 0.05) is 12.1 Å². The first-order valence-electron chi connectivity index (χ1n) is 6.53. The Balaban J connectivity index is 2.53. The van der Waals surface area contributed by atoms with E-state index in [-0.39, 0.29) is 12.6 Å². The van der Waals surface area contributed by atoms with Crippen LogP contribution in [0.15, 0.2) is 4.52 Å². The molecule has 0 aliphatic carbocycles. The molecule has 2 unspecified atom stereocenters. The molecule has 0 radical (unpaired) electrons. The smallest absolute Gasteiger partial charge is 0.315 e. The summed E-state index contributed by atoms with van der Waals surface area (Å²) in [7, 11) is 0. The Morgan fingerprint density at radius 2 is 2.05 bits per heavy atom. The van der Waals surface area contributed by atoms with Crippen LogP contribution in [-0.4, -0.2) is 39.5 Å². The molecule has 0 spiro atoms. The van der Waals surface area contributed by atoms with Crippen molar-refractivity contribution in [3.05, 3.63) is 17.0 Å². The summed E-state index contributed by atoms with van der Waals surface area (Å²) in [6.07, 6.45) is -0.452. The summed E-state index contributed by atoms with van der Waals surface area (Å²) >= 11 is 0. The maximum Gasteiger partial charge on any atom is 0.315 e. The number of aryl methyl sites for hydroxylation is 2. The molecule has 4 N–H and O–H groups in total. The molecular weight excluding hydrogens is 278 g/mol. The third-order valence-corrected chi connectivity index (χ3v) is 3.03. The number of aromatic nitrogens is 1. The van der Waals surface area contributed by atoms with Gasteiger partial charge in [-0.05, 0) is 27.7 Å². The van der Waals surface area contributed by atoms with E-state index in [9.17, 15) is 14.7 Å². The van der Waals surface area contributed by atoms with Crippen LogP contribution in [0, 0.1) is 13.8 Å². The van der Waals surface area contributed by atoms with Gasteiger partial charge >= 0.3 is 12.0 Å². The van der Waals surface area contributed by atoms with Crippen molar-refractivity contribution >= 4 is 12.0 Å². The zero-order valence-corrected chi connectivity index (χ0v) is 12.6. The van der Waals surface area contributed by atoms with E-state index in [4.69, 9.17) is 9.63 Å². The van der Waals surface area contributed by atoms with Crippen LogP contribution in [0.5, 0.6) is 0 Å². The molecule has 1 aromatic rings. The summed E-state index contributed by atoms with van der Waals surface area (Å²) in [5.74, 6) is -0.510. The van der Waals surface area contributed by atoms with Crippen LogP contribution in [-0.2, 0) is 4.79 Å². The van der Waals surface area contributed by atoms with Gasteiger partial charge in [-0.3, -0.25) is 4.79 Å².